The molecule has 0 atom stereocenters. The maximum Gasteiger partial charge on any atom is 0.250 e. The average Bonchev–Trinajstić information content (AvgIpc) is 2.41. The lowest BCUT2D eigenvalue weighted by Gasteiger charge is -2.22. The molecule has 0 bridgehead atoms. The van der Waals surface area contributed by atoms with Gasteiger partial charge in [0.15, 0.2) is 0 Å². The van der Waals surface area contributed by atoms with E-state index in [1.54, 1.807) is 10.6 Å². The normalized spacial score (nSPS) is 16.7. The predicted molar refractivity (Wildman–Crippen MR) is 73.0 cm³/mol. The SMILES string of the molecule is CCCn1cc(NCC2CCOCC2)ccc1=O. The Balaban J connectivity index is 1.92. The smallest absolute Gasteiger partial charge is 0.250 e. The van der Waals surface area contributed by atoms with Crippen LogP contribution < -0.4 is 10.9 Å². The molecule has 0 spiro atoms. The van der Waals surface area contributed by atoms with E-state index >= 15 is 0 Å². The summed E-state index contributed by atoms with van der Waals surface area (Å²) in [7, 11) is 0. The van der Waals surface area contributed by atoms with E-state index in [9.17, 15) is 4.79 Å². The summed E-state index contributed by atoms with van der Waals surface area (Å²) in [5.74, 6) is 0.685. The van der Waals surface area contributed by atoms with Crippen molar-refractivity contribution >= 4 is 5.69 Å². The van der Waals surface area contributed by atoms with E-state index < -0.39 is 0 Å². The Hall–Kier alpha value is -1.29. The van der Waals surface area contributed by atoms with Crippen LogP contribution in [0.3, 0.4) is 0 Å². The van der Waals surface area contributed by atoms with Crippen LogP contribution in [-0.4, -0.2) is 24.3 Å². The molecular weight excluding hydrogens is 228 g/mol. The summed E-state index contributed by atoms with van der Waals surface area (Å²) in [4.78, 5) is 11.6. The first-order chi connectivity index (χ1) is 8.79. The molecule has 0 aliphatic carbocycles. The molecule has 1 saturated heterocycles. The molecule has 0 amide bonds. The molecule has 2 heterocycles. The number of pyridine rings is 1. The van der Waals surface area contributed by atoms with E-state index in [-0.39, 0.29) is 5.56 Å². The van der Waals surface area contributed by atoms with Crippen molar-refractivity contribution in [1.29, 1.82) is 0 Å². The molecule has 4 nitrogen and oxygen atoms in total. The summed E-state index contributed by atoms with van der Waals surface area (Å²) in [5, 5.41) is 3.43. The van der Waals surface area contributed by atoms with Crippen LogP contribution in [0.25, 0.3) is 0 Å². The number of rotatable bonds is 5. The Kier molecular flexibility index (Phi) is 4.81. The molecule has 1 N–H and O–H groups in total. The van der Waals surface area contributed by atoms with Gasteiger partial charge in [0.2, 0.25) is 0 Å². The molecule has 0 radical (unpaired) electrons. The zero-order valence-electron chi connectivity index (χ0n) is 11.0. The summed E-state index contributed by atoms with van der Waals surface area (Å²) >= 11 is 0. The Labute approximate surface area is 108 Å². The molecule has 1 fully saturated rings. The van der Waals surface area contributed by atoms with Crippen molar-refractivity contribution < 1.29 is 4.74 Å². The molecule has 0 unspecified atom stereocenters. The first kappa shape index (κ1) is 13.1. The van der Waals surface area contributed by atoms with Crippen molar-refractivity contribution in [3.63, 3.8) is 0 Å². The van der Waals surface area contributed by atoms with Gasteiger partial charge in [0.25, 0.3) is 5.56 Å². The van der Waals surface area contributed by atoms with Gasteiger partial charge in [0.05, 0.1) is 5.69 Å². The van der Waals surface area contributed by atoms with Crippen LogP contribution in [0, 0.1) is 5.92 Å². The fourth-order valence-electron chi connectivity index (χ4n) is 2.26. The van der Waals surface area contributed by atoms with Crippen molar-refractivity contribution in [3.8, 4) is 0 Å². The van der Waals surface area contributed by atoms with E-state index in [0.717, 1.165) is 51.3 Å². The van der Waals surface area contributed by atoms with E-state index in [1.165, 1.54) is 0 Å². The predicted octanol–water partition coefficient (Wildman–Crippen LogP) is 2.10. The van der Waals surface area contributed by atoms with Gasteiger partial charge in [0, 0.05) is 38.6 Å². The number of hydrogen-bond acceptors (Lipinski definition) is 3. The van der Waals surface area contributed by atoms with E-state index in [4.69, 9.17) is 4.74 Å². The van der Waals surface area contributed by atoms with Crippen molar-refractivity contribution in [1.82, 2.24) is 4.57 Å². The average molecular weight is 250 g/mol. The zero-order valence-corrected chi connectivity index (χ0v) is 11.0. The van der Waals surface area contributed by atoms with Crippen molar-refractivity contribution in [2.45, 2.75) is 32.7 Å². The van der Waals surface area contributed by atoms with Crippen molar-refractivity contribution in [2.24, 2.45) is 5.92 Å². The molecule has 1 aromatic heterocycles. The second-order valence-electron chi connectivity index (χ2n) is 4.89. The van der Waals surface area contributed by atoms with Crippen molar-refractivity contribution in [2.75, 3.05) is 25.1 Å². The molecule has 18 heavy (non-hydrogen) atoms. The highest BCUT2D eigenvalue weighted by Crippen LogP contribution is 2.15. The molecule has 1 aromatic rings. The van der Waals surface area contributed by atoms with Crippen molar-refractivity contribution in [3.05, 3.63) is 28.7 Å². The standard InChI is InChI=1S/C14H22N2O2/c1-2-7-16-11-13(3-4-14(16)17)15-10-12-5-8-18-9-6-12/h3-4,11-12,15H,2,5-10H2,1H3. The number of ether oxygens (including phenoxy) is 1. The lowest BCUT2D eigenvalue weighted by atomic mass is 10.0. The number of nitrogens with zero attached hydrogens (tertiary/aromatic N) is 1. The second-order valence-corrected chi connectivity index (χ2v) is 4.89. The van der Waals surface area contributed by atoms with Crippen LogP contribution in [0.15, 0.2) is 23.1 Å². The maximum atomic E-state index is 11.6. The minimum atomic E-state index is 0.0773. The summed E-state index contributed by atoms with van der Waals surface area (Å²) in [5.41, 5.74) is 1.11. The van der Waals surface area contributed by atoms with Gasteiger partial charge in [-0.1, -0.05) is 6.92 Å². The van der Waals surface area contributed by atoms with Gasteiger partial charge in [0.1, 0.15) is 0 Å². The topological polar surface area (TPSA) is 43.3 Å². The summed E-state index contributed by atoms with van der Waals surface area (Å²) in [6.07, 6.45) is 5.15. The van der Waals surface area contributed by atoms with Crippen LogP contribution >= 0.6 is 0 Å². The molecule has 1 aliphatic rings. The third kappa shape index (κ3) is 3.60. The lowest BCUT2D eigenvalue weighted by molar-refractivity contribution is 0.0699. The Morgan fingerprint density at radius 3 is 2.89 bits per heavy atom. The summed E-state index contributed by atoms with van der Waals surface area (Å²) in [6.45, 7) is 5.58. The highest BCUT2D eigenvalue weighted by atomic mass is 16.5. The molecule has 0 saturated carbocycles. The Bertz CT molecular complexity index is 422. The molecule has 4 heteroatoms. The van der Waals surface area contributed by atoms with Gasteiger partial charge in [-0.05, 0) is 31.2 Å². The molecule has 100 valence electrons. The minimum absolute atomic E-state index is 0.0773. The third-order valence-electron chi connectivity index (χ3n) is 3.38. The summed E-state index contributed by atoms with van der Waals surface area (Å²) < 4.78 is 7.12. The largest absolute Gasteiger partial charge is 0.384 e. The van der Waals surface area contributed by atoms with E-state index in [1.807, 2.05) is 12.3 Å². The quantitative estimate of drug-likeness (QED) is 0.870. The van der Waals surface area contributed by atoms with Crippen LogP contribution in [0.1, 0.15) is 26.2 Å². The highest BCUT2D eigenvalue weighted by Gasteiger charge is 2.13. The fourth-order valence-corrected chi connectivity index (χ4v) is 2.26. The number of hydrogen-bond donors (Lipinski definition) is 1. The zero-order chi connectivity index (χ0) is 12.8. The van der Waals surface area contributed by atoms with Crippen LogP contribution in [0.5, 0.6) is 0 Å². The molecule has 0 aromatic carbocycles. The van der Waals surface area contributed by atoms with Crippen LogP contribution in [-0.2, 0) is 11.3 Å². The first-order valence-corrected chi connectivity index (χ1v) is 6.81. The maximum absolute atomic E-state index is 11.6. The number of aryl methyl sites for hydroxylation is 1. The van der Waals surface area contributed by atoms with Gasteiger partial charge in [-0.25, -0.2) is 0 Å². The van der Waals surface area contributed by atoms with Gasteiger partial charge in [-0.3, -0.25) is 4.79 Å². The summed E-state index contributed by atoms with van der Waals surface area (Å²) in [6, 6.07) is 3.51. The molecule has 1 aliphatic heterocycles. The first-order valence-electron chi connectivity index (χ1n) is 6.81. The third-order valence-corrected chi connectivity index (χ3v) is 3.38. The Morgan fingerprint density at radius 2 is 2.17 bits per heavy atom. The van der Waals surface area contributed by atoms with Crippen LogP contribution in [0.2, 0.25) is 0 Å². The van der Waals surface area contributed by atoms with Gasteiger partial charge in [-0.2, -0.15) is 0 Å². The van der Waals surface area contributed by atoms with Crippen LogP contribution in [0.4, 0.5) is 5.69 Å². The van der Waals surface area contributed by atoms with Gasteiger partial charge in [-0.15, -0.1) is 0 Å². The van der Waals surface area contributed by atoms with E-state index in [2.05, 4.69) is 12.2 Å². The number of aromatic nitrogens is 1. The number of anilines is 1. The van der Waals surface area contributed by atoms with Gasteiger partial charge >= 0.3 is 0 Å². The highest BCUT2D eigenvalue weighted by molar-refractivity contribution is 5.40. The minimum Gasteiger partial charge on any atom is -0.384 e. The fraction of sp³-hybridized carbons (Fsp3) is 0.643. The molecule has 2 rings (SSSR count). The number of nitrogens with one attached hydrogen (secondary N) is 1. The second kappa shape index (κ2) is 6.59. The monoisotopic (exact) mass is 250 g/mol. The Morgan fingerprint density at radius 1 is 1.39 bits per heavy atom. The van der Waals surface area contributed by atoms with Gasteiger partial charge < -0.3 is 14.6 Å². The lowest BCUT2D eigenvalue weighted by Crippen LogP contribution is -2.24. The molecular formula is C14H22N2O2. The van der Waals surface area contributed by atoms with E-state index in [0.29, 0.717) is 5.92 Å².